The minimum absolute atomic E-state index is 0.181. The van der Waals surface area contributed by atoms with Crippen molar-refractivity contribution in [3.05, 3.63) is 28.6 Å². The molecular formula is C9H9N3O2S. The normalized spacial score (nSPS) is 10.3. The fourth-order valence-electron chi connectivity index (χ4n) is 1.02. The van der Waals surface area contributed by atoms with Crippen LogP contribution in [0.4, 0.5) is 5.13 Å². The van der Waals surface area contributed by atoms with E-state index in [-0.39, 0.29) is 11.7 Å². The van der Waals surface area contributed by atoms with Gasteiger partial charge in [0.2, 0.25) is 5.76 Å². The molecule has 0 saturated heterocycles. The molecule has 0 aliphatic rings. The highest BCUT2D eigenvalue weighted by Gasteiger charge is 2.12. The number of aromatic nitrogens is 2. The van der Waals surface area contributed by atoms with Gasteiger partial charge in [-0.05, 0) is 13.8 Å². The van der Waals surface area contributed by atoms with Gasteiger partial charge in [0.1, 0.15) is 0 Å². The zero-order valence-electron chi connectivity index (χ0n) is 8.27. The number of hydrogen-bond acceptors (Lipinski definition) is 5. The smallest absolute Gasteiger partial charge is 0.296 e. The van der Waals surface area contributed by atoms with E-state index < -0.39 is 0 Å². The summed E-state index contributed by atoms with van der Waals surface area (Å²) in [6.45, 7) is 3.85. The van der Waals surface area contributed by atoms with Crippen LogP contribution in [0.5, 0.6) is 0 Å². The summed E-state index contributed by atoms with van der Waals surface area (Å²) in [6, 6.07) is 1.50. The number of thiazole rings is 1. The van der Waals surface area contributed by atoms with Crippen molar-refractivity contribution in [1.82, 2.24) is 10.1 Å². The quantitative estimate of drug-likeness (QED) is 0.845. The van der Waals surface area contributed by atoms with E-state index >= 15 is 0 Å². The lowest BCUT2D eigenvalue weighted by Crippen LogP contribution is -2.10. The second-order valence-corrected chi connectivity index (χ2v) is 4.19. The lowest BCUT2D eigenvalue weighted by molar-refractivity contribution is 0.0988. The number of carbonyl (C=O) groups is 1. The third-order valence-electron chi connectivity index (χ3n) is 1.91. The van der Waals surface area contributed by atoms with Crippen molar-refractivity contribution >= 4 is 22.4 Å². The summed E-state index contributed by atoms with van der Waals surface area (Å²) in [4.78, 5) is 16.8. The highest BCUT2D eigenvalue weighted by Crippen LogP contribution is 2.21. The van der Waals surface area contributed by atoms with Gasteiger partial charge < -0.3 is 4.52 Å². The van der Waals surface area contributed by atoms with Crippen molar-refractivity contribution in [3.8, 4) is 0 Å². The van der Waals surface area contributed by atoms with Crippen molar-refractivity contribution in [1.29, 1.82) is 0 Å². The number of rotatable bonds is 2. The molecule has 2 aromatic rings. The van der Waals surface area contributed by atoms with Gasteiger partial charge in [-0.3, -0.25) is 10.1 Å². The van der Waals surface area contributed by atoms with Gasteiger partial charge in [-0.15, -0.1) is 11.3 Å². The van der Waals surface area contributed by atoms with Crippen LogP contribution < -0.4 is 5.32 Å². The zero-order valence-corrected chi connectivity index (χ0v) is 9.09. The molecule has 2 heterocycles. The van der Waals surface area contributed by atoms with Crippen LogP contribution in [0, 0.1) is 13.8 Å². The molecule has 0 saturated carbocycles. The standard InChI is InChI=1S/C9H9N3O2S/c1-5-6(2)15-9(11-5)12-8(13)7-3-4-10-14-7/h3-4H,1-2H3,(H,11,12,13). The van der Waals surface area contributed by atoms with E-state index in [0.29, 0.717) is 5.13 Å². The van der Waals surface area contributed by atoms with Gasteiger partial charge in [0, 0.05) is 10.9 Å². The van der Waals surface area contributed by atoms with Crippen LogP contribution in [-0.2, 0) is 0 Å². The summed E-state index contributed by atoms with van der Waals surface area (Å²) in [6.07, 6.45) is 1.42. The first-order valence-electron chi connectivity index (χ1n) is 4.33. The highest BCUT2D eigenvalue weighted by molar-refractivity contribution is 7.15. The van der Waals surface area contributed by atoms with Crippen molar-refractivity contribution in [2.24, 2.45) is 0 Å². The van der Waals surface area contributed by atoms with Gasteiger partial charge in [0.25, 0.3) is 5.91 Å². The Kier molecular flexibility index (Phi) is 2.51. The number of amides is 1. The molecule has 0 bridgehead atoms. The van der Waals surface area contributed by atoms with Gasteiger partial charge in [0.05, 0.1) is 11.9 Å². The number of anilines is 1. The average molecular weight is 223 g/mol. The predicted octanol–water partition coefficient (Wildman–Crippen LogP) is 2.00. The molecule has 15 heavy (non-hydrogen) atoms. The zero-order chi connectivity index (χ0) is 10.8. The molecule has 0 aliphatic carbocycles. The van der Waals surface area contributed by atoms with Gasteiger partial charge in [0.15, 0.2) is 5.13 Å². The Labute approximate surface area is 90.1 Å². The average Bonchev–Trinajstić information content (AvgIpc) is 2.77. The number of nitrogens with zero attached hydrogens (tertiary/aromatic N) is 2. The molecule has 0 aromatic carbocycles. The van der Waals surface area contributed by atoms with Crippen molar-refractivity contribution < 1.29 is 9.32 Å². The molecule has 78 valence electrons. The third-order valence-corrected chi connectivity index (χ3v) is 2.90. The molecule has 0 radical (unpaired) electrons. The van der Waals surface area contributed by atoms with E-state index in [1.54, 1.807) is 0 Å². The van der Waals surface area contributed by atoms with Gasteiger partial charge in [-0.25, -0.2) is 4.98 Å². The fourth-order valence-corrected chi connectivity index (χ4v) is 1.83. The predicted molar refractivity (Wildman–Crippen MR) is 56.0 cm³/mol. The van der Waals surface area contributed by atoms with Crippen LogP contribution in [0.1, 0.15) is 21.1 Å². The van der Waals surface area contributed by atoms with Crippen LogP contribution in [0.15, 0.2) is 16.8 Å². The number of hydrogen-bond donors (Lipinski definition) is 1. The summed E-state index contributed by atoms with van der Waals surface area (Å²) in [7, 11) is 0. The maximum Gasteiger partial charge on any atom is 0.296 e. The molecule has 6 heteroatoms. The van der Waals surface area contributed by atoms with Gasteiger partial charge in [-0.2, -0.15) is 0 Å². The monoisotopic (exact) mass is 223 g/mol. The fraction of sp³-hybridized carbons (Fsp3) is 0.222. The first-order chi connectivity index (χ1) is 7.16. The van der Waals surface area contributed by atoms with Crippen LogP contribution in [0.3, 0.4) is 0 Å². The number of nitrogens with one attached hydrogen (secondary N) is 1. The molecule has 2 aromatic heterocycles. The first-order valence-corrected chi connectivity index (χ1v) is 5.14. The maximum absolute atomic E-state index is 11.5. The van der Waals surface area contributed by atoms with Gasteiger partial charge >= 0.3 is 0 Å². The van der Waals surface area contributed by atoms with E-state index in [1.807, 2.05) is 13.8 Å². The molecule has 0 spiro atoms. The third kappa shape index (κ3) is 2.04. The molecule has 1 N–H and O–H groups in total. The lowest BCUT2D eigenvalue weighted by atomic mass is 10.4. The van der Waals surface area contributed by atoms with E-state index in [4.69, 9.17) is 4.52 Å². The molecule has 0 atom stereocenters. The summed E-state index contributed by atoms with van der Waals surface area (Å²) < 4.78 is 4.72. The van der Waals surface area contributed by atoms with Gasteiger partial charge in [-0.1, -0.05) is 5.16 Å². The Balaban J connectivity index is 2.13. The van der Waals surface area contributed by atoms with Crippen molar-refractivity contribution in [3.63, 3.8) is 0 Å². The molecule has 1 amide bonds. The Morgan fingerprint density at radius 3 is 2.87 bits per heavy atom. The molecule has 2 rings (SSSR count). The minimum Gasteiger partial charge on any atom is -0.351 e. The molecule has 0 fully saturated rings. The Bertz CT molecular complexity index is 456. The topological polar surface area (TPSA) is 68.0 Å². The van der Waals surface area contributed by atoms with Crippen LogP contribution in [0.2, 0.25) is 0 Å². The summed E-state index contributed by atoms with van der Waals surface area (Å²) in [5.74, 6) is -0.151. The van der Waals surface area contributed by atoms with Crippen LogP contribution >= 0.6 is 11.3 Å². The second kappa shape index (κ2) is 3.82. The Morgan fingerprint density at radius 2 is 2.33 bits per heavy atom. The number of carbonyl (C=O) groups excluding carboxylic acids is 1. The minimum atomic E-state index is -0.332. The Morgan fingerprint density at radius 1 is 1.53 bits per heavy atom. The van der Waals surface area contributed by atoms with E-state index in [0.717, 1.165) is 10.6 Å². The lowest BCUT2D eigenvalue weighted by Gasteiger charge is -1.95. The number of aryl methyl sites for hydroxylation is 2. The van der Waals surface area contributed by atoms with Crippen LogP contribution in [-0.4, -0.2) is 16.0 Å². The summed E-state index contributed by atoms with van der Waals surface area (Å²) in [5.41, 5.74) is 0.924. The van der Waals surface area contributed by atoms with E-state index in [2.05, 4.69) is 15.5 Å². The SMILES string of the molecule is Cc1nc(NC(=O)c2ccno2)sc1C. The van der Waals surface area contributed by atoms with Crippen LogP contribution in [0.25, 0.3) is 0 Å². The van der Waals surface area contributed by atoms with E-state index in [9.17, 15) is 4.79 Å². The van der Waals surface area contributed by atoms with E-state index in [1.165, 1.54) is 23.6 Å². The van der Waals surface area contributed by atoms with Crippen molar-refractivity contribution in [2.75, 3.05) is 5.32 Å². The largest absolute Gasteiger partial charge is 0.351 e. The highest BCUT2D eigenvalue weighted by atomic mass is 32.1. The molecule has 0 unspecified atom stereocenters. The molecule has 5 nitrogen and oxygen atoms in total. The summed E-state index contributed by atoms with van der Waals surface area (Å²) >= 11 is 1.43. The second-order valence-electron chi connectivity index (χ2n) is 2.99. The summed E-state index contributed by atoms with van der Waals surface area (Å²) in [5, 5.41) is 6.67. The first kappa shape index (κ1) is 9.85. The molecular weight excluding hydrogens is 214 g/mol. The Hall–Kier alpha value is -1.69. The maximum atomic E-state index is 11.5. The van der Waals surface area contributed by atoms with Crippen molar-refractivity contribution in [2.45, 2.75) is 13.8 Å². The molecule has 0 aliphatic heterocycles.